The Morgan fingerprint density at radius 2 is 2.00 bits per heavy atom. The zero-order chi connectivity index (χ0) is 14.4. The third-order valence-corrected chi connectivity index (χ3v) is 3.33. The SMILES string of the molecule is CC(C)CNCc1cccc(Oc2cccc(I)c2)n1. The molecular weight excluding hydrogens is 363 g/mol. The van der Waals surface area contributed by atoms with Crippen LogP contribution in [0.3, 0.4) is 0 Å². The van der Waals surface area contributed by atoms with E-state index in [1.807, 2.05) is 42.5 Å². The summed E-state index contributed by atoms with van der Waals surface area (Å²) in [4.78, 5) is 4.51. The van der Waals surface area contributed by atoms with E-state index in [9.17, 15) is 0 Å². The summed E-state index contributed by atoms with van der Waals surface area (Å²) in [7, 11) is 0. The van der Waals surface area contributed by atoms with Crippen LogP contribution in [-0.2, 0) is 6.54 Å². The lowest BCUT2D eigenvalue weighted by molar-refractivity contribution is 0.458. The molecule has 20 heavy (non-hydrogen) atoms. The minimum absolute atomic E-state index is 0.635. The van der Waals surface area contributed by atoms with Crippen LogP contribution >= 0.6 is 22.6 Å². The molecule has 0 atom stereocenters. The summed E-state index contributed by atoms with van der Waals surface area (Å²) in [6.07, 6.45) is 0. The third-order valence-electron chi connectivity index (χ3n) is 2.66. The highest BCUT2D eigenvalue weighted by Crippen LogP contribution is 2.21. The van der Waals surface area contributed by atoms with Gasteiger partial charge >= 0.3 is 0 Å². The molecule has 0 aliphatic rings. The van der Waals surface area contributed by atoms with Gasteiger partial charge in [0.15, 0.2) is 0 Å². The number of aromatic nitrogens is 1. The minimum Gasteiger partial charge on any atom is -0.439 e. The lowest BCUT2D eigenvalue weighted by Gasteiger charge is -2.09. The molecule has 0 bridgehead atoms. The second-order valence-electron chi connectivity index (χ2n) is 5.05. The predicted molar refractivity (Wildman–Crippen MR) is 90.0 cm³/mol. The van der Waals surface area contributed by atoms with Crippen LogP contribution in [0.2, 0.25) is 0 Å². The summed E-state index contributed by atoms with van der Waals surface area (Å²) in [5, 5.41) is 3.38. The second kappa shape index (κ2) is 7.59. The third kappa shape index (κ3) is 5.09. The van der Waals surface area contributed by atoms with Crippen molar-refractivity contribution in [3.63, 3.8) is 0 Å². The lowest BCUT2D eigenvalue weighted by Crippen LogP contribution is -2.19. The molecule has 0 spiro atoms. The molecule has 0 fully saturated rings. The van der Waals surface area contributed by atoms with Gasteiger partial charge in [-0.3, -0.25) is 0 Å². The molecule has 1 N–H and O–H groups in total. The smallest absolute Gasteiger partial charge is 0.219 e. The summed E-state index contributed by atoms with van der Waals surface area (Å²) in [5.41, 5.74) is 0.994. The summed E-state index contributed by atoms with van der Waals surface area (Å²) in [6, 6.07) is 13.8. The summed E-state index contributed by atoms with van der Waals surface area (Å²) in [6.45, 7) is 6.14. The molecule has 0 aliphatic carbocycles. The molecule has 2 rings (SSSR count). The van der Waals surface area contributed by atoms with E-state index < -0.39 is 0 Å². The first-order valence-corrected chi connectivity index (χ1v) is 7.81. The second-order valence-corrected chi connectivity index (χ2v) is 6.30. The van der Waals surface area contributed by atoms with Crippen molar-refractivity contribution in [2.75, 3.05) is 6.54 Å². The van der Waals surface area contributed by atoms with Gasteiger partial charge < -0.3 is 10.1 Å². The average molecular weight is 382 g/mol. The van der Waals surface area contributed by atoms with Gasteiger partial charge in [-0.25, -0.2) is 4.98 Å². The first-order chi connectivity index (χ1) is 9.63. The van der Waals surface area contributed by atoms with Crippen LogP contribution in [0, 0.1) is 9.49 Å². The van der Waals surface area contributed by atoms with Gasteiger partial charge in [-0.15, -0.1) is 0 Å². The van der Waals surface area contributed by atoms with E-state index in [1.165, 1.54) is 0 Å². The molecule has 1 aromatic heterocycles. The Hall–Kier alpha value is -1.14. The maximum atomic E-state index is 5.78. The van der Waals surface area contributed by atoms with Crippen molar-refractivity contribution in [1.82, 2.24) is 10.3 Å². The highest BCUT2D eigenvalue weighted by molar-refractivity contribution is 14.1. The maximum Gasteiger partial charge on any atom is 0.219 e. The van der Waals surface area contributed by atoms with E-state index in [1.54, 1.807) is 0 Å². The number of benzene rings is 1. The van der Waals surface area contributed by atoms with Gasteiger partial charge in [-0.2, -0.15) is 0 Å². The topological polar surface area (TPSA) is 34.1 Å². The van der Waals surface area contributed by atoms with Gasteiger partial charge in [0.1, 0.15) is 5.75 Å². The van der Waals surface area contributed by atoms with Gasteiger partial charge in [-0.05, 0) is 59.3 Å². The fourth-order valence-electron chi connectivity index (χ4n) is 1.75. The minimum atomic E-state index is 0.635. The summed E-state index contributed by atoms with van der Waals surface area (Å²) >= 11 is 2.27. The molecule has 1 heterocycles. The molecule has 0 amide bonds. The molecular formula is C16H19IN2O. The largest absolute Gasteiger partial charge is 0.439 e. The number of nitrogens with zero attached hydrogens (tertiary/aromatic N) is 1. The Morgan fingerprint density at radius 1 is 1.20 bits per heavy atom. The van der Waals surface area contributed by atoms with E-state index in [-0.39, 0.29) is 0 Å². The Balaban J connectivity index is 1.99. The first kappa shape index (κ1) is 15.3. The van der Waals surface area contributed by atoms with E-state index >= 15 is 0 Å². The molecule has 0 saturated carbocycles. The van der Waals surface area contributed by atoms with Crippen molar-refractivity contribution in [2.45, 2.75) is 20.4 Å². The Bertz CT molecular complexity index is 558. The van der Waals surface area contributed by atoms with Crippen LogP contribution in [0.5, 0.6) is 11.6 Å². The number of pyridine rings is 1. The van der Waals surface area contributed by atoms with E-state index in [2.05, 4.69) is 46.7 Å². The molecule has 0 aliphatic heterocycles. The molecule has 3 nitrogen and oxygen atoms in total. The number of hydrogen-bond donors (Lipinski definition) is 1. The summed E-state index contributed by atoms with van der Waals surface area (Å²) < 4.78 is 6.93. The number of hydrogen-bond acceptors (Lipinski definition) is 3. The van der Waals surface area contributed by atoms with Crippen molar-refractivity contribution in [3.05, 3.63) is 51.7 Å². The number of ether oxygens (including phenoxy) is 1. The predicted octanol–water partition coefficient (Wildman–Crippen LogP) is 4.22. The van der Waals surface area contributed by atoms with Crippen molar-refractivity contribution in [3.8, 4) is 11.6 Å². The lowest BCUT2D eigenvalue weighted by atomic mass is 10.2. The van der Waals surface area contributed by atoms with E-state index in [0.29, 0.717) is 11.8 Å². The number of rotatable bonds is 6. The summed E-state index contributed by atoms with van der Waals surface area (Å²) in [5.74, 6) is 2.09. The van der Waals surface area contributed by atoms with Crippen molar-refractivity contribution >= 4 is 22.6 Å². The first-order valence-electron chi connectivity index (χ1n) is 6.73. The molecule has 2 aromatic rings. The van der Waals surface area contributed by atoms with Gasteiger partial charge in [0.05, 0.1) is 5.69 Å². The fourth-order valence-corrected chi connectivity index (χ4v) is 2.27. The van der Waals surface area contributed by atoms with Crippen LogP contribution in [0.1, 0.15) is 19.5 Å². The van der Waals surface area contributed by atoms with Gasteiger partial charge in [0.25, 0.3) is 0 Å². The van der Waals surface area contributed by atoms with Crippen LogP contribution in [0.15, 0.2) is 42.5 Å². The molecule has 4 heteroatoms. The Labute approximate surface area is 133 Å². The van der Waals surface area contributed by atoms with Crippen molar-refractivity contribution < 1.29 is 4.74 Å². The van der Waals surface area contributed by atoms with E-state index in [4.69, 9.17) is 4.74 Å². The van der Waals surface area contributed by atoms with Crippen molar-refractivity contribution in [2.24, 2.45) is 5.92 Å². The van der Waals surface area contributed by atoms with Gasteiger partial charge in [-0.1, -0.05) is 26.0 Å². The highest BCUT2D eigenvalue weighted by Gasteiger charge is 2.02. The maximum absolute atomic E-state index is 5.78. The molecule has 1 aromatic carbocycles. The monoisotopic (exact) mass is 382 g/mol. The van der Waals surface area contributed by atoms with Crippen LogP contribution < -0.4 is 10.1 Å². The fraction of sp³-hybridized carbons (Fsp3) is 0.312. The zero-order valence-corrected chi connectivity index (χ0v) is 13.9. The molecule has 0 radical (unpaired) electrons. The molecule has 106 valence electrons. The Kier molecular flexibility index (Phi) is 5.79. The zero-order valence-electron chi connectivity index (χ0n) is 11.8. The van der Waals surface area contributed by atoms with Crippen LogP contribution in [0.25, 0.3) is 0 Å². The molecule has 0 unspecified atom stereocenters. The molecule has 0 saturated heterocycles. The van der Waals surface area contributed by atoms with Gasteiger partial charge in [0.2, 0.25) is 5.88 Å². The van der Waals surface area contributed by atoms with Crippen LogP contribution in [0.4, 0.5) is 0 Å². The van der Waals surface area contributed by atoms with E-state index in [0.717, 1.165) is 28.1 Å². The van der Waals surface area contributed by atoms with Gasteiger partial charge in [0, 0.05) is 16.2 Å². The number of halogens is 1. The Morgan fingerprint density at radius 3 is 2.75 bits per heavy atom. The van der Waals surface area contributed by atoms with Crippen LogP contribution in [-0.4, -0.2) is 11.5 Å². The quantitative estimate of drug-likeness (QED) is 0.760. The number of nitrogens with one attached hydrogen (secondary N) is 1. The average Bonchev–Trinajstić information content (AvgIpc) is 2.39. The normalized spacial score (nSPS) is 10.8. The standard InChI is InChI=1S/C16H19IN2O/c1-12(2)10-18-11-14-6-4-8-16(19-14)20-15-7-3-5-13(17)9-15/h3-9,12,18H,10-11H2,1-2H3. The van der Waals surface area contributed by atoms with Crippen molar-refractivity contribution in [1.29, 1.82) is 0 Å². The highest BCUT2D eigenvalue weighted by atomic mass is 127.